The zero-order valence-electron chi connectivity index (χ0n) is 13.5. The second kappa shape index (κ2) is 6.95. The van der Waals surface area contributed by atoms with E-state index < -0.39 is 0 Å². The Morgan fingerprint density at radius 2 is 1.84 bits per heavy atom. The van der Waals surface area contributed by atoms with Gasteiger partial charge >= 0.3 is 0 Å². The van der Waals surface area contributed by atoms with Gasteiger partial charge in [-0.3, -0.25) is 0 Å². The topological polar surface area (TPSA) is 15.3 Å². The third-order valence-electron chi connectivity index (χ3n) is 3.35. The van der Waals surface area contributed by atoms with Gasteiger partial charge in [0, 0.05) is 25.8 Å². The molecule has 2 heteroatoms. The fourth-order valence-corrected chi connectivity index (χ4v) is 2.47. The highest BCUT2D eigenvalue weighted by atomic mass is 15.1. The molecule has 1 aromatic rings. The highest BCUT2D eigenvalue weighted by molar-refractivity contribution is 5.52. The minimum atomic E-state index is 0.270. The van der Waals surface area contributed by atoms with Crippen molar-refractivity contribution in [1.82, 2.24) is 5.32 Å². The lowest BCUT2D eigenvalue weighted by molar-refractivity contribution is 0.338. The van der Waals surface area contributed by atoms with Crippen molar-refractivity contribution in [3.05, 3.63) is 29.8 Å². The average Bonchev–Trinajstić information content (AvgIpc) is 2.27. The molecule has 2 nitrogen and oxygen atoms in total. The van der Waals surface area contributed by atoms with E-state index in [1.807, 2.05) is 0 Å². The van der Waals surface area contributed by atoms with E-state index in [0.717, 1.165) is 19.6 Å². The maximum absolute atomic E-state index is 3.57. The number of hydrogen-bond acceptors (Lipinski definition) is 2. The van der Waals surface area contributed by atoms with Crippen LogP contribution < -0.4 is 10.2 Å². The first-order valence-electron chi connectivity index (χ1n) is 7.29. The molecule has 0 aliphatic heterocycles. The van der Waals surface area contributed by atoms with Gasteiger partial charge in [0.05, 0.1) is 0 Å². The predicted molar refractivity (Wildman–Crippen MR) is 85.9 cm³/mol. The Morgan fingerprint density at radius 3 is 2.42 bits per heavy atom. The number of nitrogens with zero attached hydrogens (tertiary/aromatic N) is 1. The van der Waals surface area contributed by atoms with Crippen LogP contribution in [0.3, 0.4) is 0 Å². The molecule has 0 unspecified atom stereocenters. The molecule has 0 bridgehead atoms. The van der Waals surface area contributed by atoms with Gasteiger partial charge in [0.25, 0.3) is 0 Å². The molecule has 0 radical (unpaired) electrons. The molecule has 0 amide bonds. The number of para-hydroxylation sites is 1. The SMILES string of the molecule is Cc1ccccc1N(C)CC(C)(C)CNCC(C)C. The van der Waals surface area contributed by atoms with Crippen LogP contribution in [0.15, 0.2) is 24.3 Å². The summed E-state index contributed by atoms with van der Waals surface area (Å²) in [7, 11) is 2.19. The minimum absolute atomic E-state index is 0.270. The van der Waals surface area contributed by atoms with Crippen LogP contribution in [0, 0.1) is 18.3 Å². The highest BCUT2D eigenvalue weighted by Crippen LogP contribution is 2.23. The van der Waals surface area contributed by atoms with Gasteiger partial charge in [-0.2, -0.15) is 0 Å². The summed E-state index contributed by atoms with van der Waals surface area (Å²) in [6.07, 6.45) is 0. The van der Waals surface area contributed by atoms with Crippen LogP contribution in [-0.4, -0.2) is 26.7 Å². The van der Waals surface area contributed by atoms with Gasteiger partial charge in [-0.1, -0.05) is 45.9 Å². The number of anilines is 1. The third kappa shape index (κ3) is 5.65. The van der Waals surface area contributed by atoms with Gasteiger partial charge in [0.15, 0.2) is 0 Å². The molecular formula is C17H30N2. The summed E-state index contributed by atoms with van der Waals surface area (Å²) >= 11 is 0. The molecule has 108 valence electrons. The van der Waals surface area contributed by atoms with Crippen molar-refractivity contribution in [2.75, 3.05) is 31.6 Å². The summed E-state index contributed by atoms with van der Waals surface area (Å²) in [6.45, 7) is 14.5. The molecule has 19 heavy (non-hydrogen) atoms. The van der Waals surface area contributed by atoms with Crippen LogP contribution >= 0.6 is 0 Å². The Balaban J connectivity index is 2.55. The van der Waals surface area contributed by atoms with Crippen LogP contribution in [0.5, 0.6) is 0 Å². The molecule has 0 saturated heterocycles. The molecule has 0 spiro atoms. The van der Waals surface area contributed by atoms with Crippen LogP contribution in [0.4, 0.5) is 5.69 Å². The second-order valence-electron chi connectivity index (χ2n) is 6.83. The van der Waals surface area contributed by atoms with Crippen molar-refractivity contribution in [2.45, 2.75) is 34.6 Å². The normalized spacial score (nSPS) is 11.9. The largest absolute Gasteiger partial charge is 0.374 e. The van der Waals surface area contributed by atoms with E-state index in [4.69, 9.17) is 0 Å². The lowest BCUT2D eigenvalue weighted by Crippen LogP contribution is -2.40. The Hall–Kier alpha value is -1.02. The van der Waals surface area contributed by atoms with Crippen LogP contribution in [-0.2, 0) is 0 Å². The van der Waals surface area contributed by atoms with E-state index in [1.165, 1.54) is 11.3 Å². The quantitative estimate of drug-likeness (QED) is 0.806. The molecule has 1 rings (SSSR count). The molecule has 0 atom stereocenters. The van der Waals surface area contributed by atoms with Crippen molar-refractivity contribution < 1.29 is 0 Å². The number of benzene rings is 1. The number of aryl methyl sites for hydroxylation is 1. The summed E-state index contributed by atoms with van der Waals surface area (Å²) in [5.74, 6) is 0.713. The lowest BCUT2D eigenvalue weighted by atomic mass is 9.92. The van der Waals surface area contributed by atoms with Crippen molar-refractivity contribution in [3.63, 3.8) is 0 Å². The monoisotopic (exact) mass is 262 g/mol. The lowest BCUT2D eigenvalue weighted by Gasteiger charge is -2.33. The number of hydrogen-bond donors (Lipinski definition) is 1. The minimum Gasteiger partial charge on any atom is -0.374 e. The number of nitrogens with one attached hydrogen (secondary N) is 1. The molecule has 0 aliphatic rings. The highest BCUT2D eigenvalue weighted by Gasteiger charge is 2.20. The molecule has 0 aliphatic carbocycles. The molecule has 1 aromatic carbocycles. The van der Waals surface area contributed by atoms with Gasteiger partial charge in [-0.15, -0.1) is 0 Å². The molecule has 0 aromatic heterocycles. The summed E-state index contributed by atoms with van der Waals surface area (Å²) in [5, 5.41) is 3.57. The summed E-state index contributed by atoms with van der Waals surface area (Å²) in [6, 6.07) is 8.59. The van der Waals surface area contributed by atoms with E-state index in [1.54, 1.807) is 0 Å². The summed E-state index contributed by atoms with van der Waals surface area (Å²) in [4.78, 5) is 2.37. The maximum atomic E-state index is 3.57. The Morgan fingerprint density at radius 1 is 1.21 bits per heavy atom. The fraction of sp³-hybridized carbons (Fsp3) is 0.647. The van der Waals surface area contributed by atoms with E-state index >= 15 is 0 Å². The fourth-order valence-electron chi connectivity index (χ4n) is 2.47. The molecule has 0 saturated carbocycles. The first-order chi connectivity index (χ1) is 8.82. The van der Waals surface area contributed by atoms with Crippen LogP contribution in [0.1, 0.15) is 33.3 Å². The van der Waals surface area contributed by atoms with Crippen molar-refractivity contribution >= 4 is 5.69 Å². The van der Waals surface area contributed by atoms with E-state index in [9.17, 15) is 0 Å². The van der Waals surface area contributed by atoms with E-state index in [-0.39, 0.29) is 5.41 Å². The molecule has 0 heterocycles. The van der Waals surface area contributed by atoms with Crippen molar-refractivity contribution in [1.29, 1.82) is 0 Å². The summed E-state index contributed by atoms with van der Waals surface area (Å²) in [5.41, 5.74) is 2.95. The zero-order chi connectivity index (χ0) is 14.5. The van der Waals surface area contributed by atoms with Gasteiger partial charge in [0.2, 0.25) is 0 Å². The predicted octanol–water partition coefficient (Wildman–Crippen LogP) is 3.70. The second-order valence-corrected chi connectivity index (χ2v) is 6.83. The molecule has 1 N–H and O–H groups in total. The Labute approximate surface area is 119 Å². The van der Waals surface area contributed by atoms with Gasteiger partial charge in [-0.05, 0) is 36.4 Å². The van der Waals surface area contributed by atoms with Gasteiger partial charge < -0.3 is 10.2 Å². The van der Waals surface area contributed by atoms with Gasteiger partial charge in [-0.25, -0.2) is 0 Å². The third-order valence-corrected chi connectivity index (χ3v) is 3.35. The van der Waals surface area contributed by atoms with E-state index in [2.05, 4.69) is 76.1 Å². The Kier molecular flexibility index (Phi) is 5.86. The molecular weight excluding hydrogens is 232 g/mol. The standard InChI is InChI=1S/C17H30N2/c1-14(2)11-18-12-17(4,5)13-19(6)16-10-8-7-9-15(16)3/h7-10,14,18H,11-13H2,1-6H3. The summed E-state index contributed by atoms with van der Waals surface area (Å²) < 4.78 is 0. The smallest absolute Gasteiger partial charge is 0.0393 e. The first-order valence-corrected chi connectivity index (χ1v) is 7.29. The Bertz CT molecular complexity index is 383. The van der Waals surface area contributed by atoms with Crippen molar-refractivity contribution in [2.24, 2.45) is 11.3 Å². The molecule has 0 fully saturated rings. The maximum Gasteiger partial charge on any atom is 0.0393 e. The van der Waals surface area contributed by atoms with E-state index in [0.29, 0.717) is 5.92 Å². The average molecular weight is 262 g/mol. The van der Waals surface area contributed by atoms with Gasteiger partial charge in [0.1, 0.15) is 0 Å². The zero-order valence-corrected chi connectivity index (χ0v) is 13.5. The van der Waals surface area contributed by atoms with Crippen LogP contribution in [0.25, 0.3) is 0 Å². The van der Waals surface area contributed by atoms with Crippen LogP contribution in [0.2, 0.25) is 0 Å². The van der Waals surface area contributed by atoms with Crippen molar-refractivity contribution in [3.8, 4) is 0 Å². The number of rotatable bonds is 7. The first kappa shape index (κ1) is 16.0.